The normalized spacial score (nSPS) is 11.1. The van der Waals surface area contributed by atoms with Gasteiger partial charge in [0, 0.05) is 0 Å². The summed E-state index contributed by atoms with van der Waals surface area (Å²) in [6.07, 6.45) is 1.95. The van der Waals surface area contributed by atoms with Gasteiger partial charge in [0.05, 0.1) is 7.11 Å². The molecule has 0 unspecified atom stereocenters. The van der Waals surface area contributed by atoms with Gasteiger partial charge in [0.15, 0.2) is 5.76 Å². The quantitative estimate of drug-likeness (QED) is 0.451. The van der Waals surface area contributed by atoms with E-state index < -0.39 is 5.97 Å². The van der Waals surface area contributed by atoms with Crippen molar-refractivity contribution >= 4 is 5.97 Å². The number of ether oxygens (including phenoxy) is 1. The fraction of sp³-hybridized carbons (Fsp3) is 0.182. The zero-order valence-corrected chi connectivity index (χ0v) is 7.93. The minimum absolute atomic E-state index is 0.351. The monoisotopic (exact) mass is 192 g/mol. The van der Waals surface area contributed by atoms with Crippen LogP contribution in [0.3, 0.4) is 0 Å². The van der Waals surface area contributed by atoms with E-state index in [9.17, 15) is 4.79 Å². The number of methoxy groups -OCH3 is 1. The fourth-order valence-electron chi connectivity index (χ4n) is 1.02. The molecule has 0 radical (unpaired) electrons. The Hall–Kier alpha value is -1.77. The molecule has 1 rings (SSSR count). The average Bonchev–Trinajstić information content (AvgIpc) is 2.26. The van der Waals surface area contributed by atoms with Crippen LogP contribution in [0.15, 0.2) is 42.2 Å². The highest BCUT2D eigenvalue weighted by atomic mass is 16.5. The van der Waals surface area contributed by atoms with E-state index in [4.69, 9.17) is 5.11 Å². The first-order chi connectivity index (χ1) is 6.74. The lowest BCUT2D eigenvalue weighted by Gasteiger charge is -1.98. The summed E-state index contributed by atoms with van der Waals surface area (Å²) in [5.41, 5.74) is 1.03. The largest absolute Gasteiger partial charge is 0.502 e. The molecule has 3 heteroatoms. The lowest BCUT2D eigenvalue weighted by Crippen LogP contribution is -2.04. The molecule has 0 fully saturated rings. The van der Waals surface area contributed by atoms with E-state index in [1.807, 2.05) is 30.3 Å². The molecule has 1 aromatic rings. The number of aliphatic hydroxyl groups excluding tert-OH is 1. The molecule has 0 atom stereocenters. The predicted octanol–water partition coefficient (Wildman–Crippen LogP) is 1.84. The molecule has 0 saturated carbocycles. The average molecular weight is 192 g/mol. The second-order valence-corrected chi connectivity index (χ2v) is 2.77. The van der Waals surface area contributed by atoms with E-state index in [0.29, 0.717) is 6.42 Å². The SMILES string of the molecule is COC(=O)/C(O)=C/Cc1ccccc1. The molecule has 0 aromatic heterocycles. The van der Waals surface area contributed by atoms with Crippen LogP contribution < -0.4 is 0 Å². The molecule has 14 heavy (non-hydrogen) atoms. The van der Waals surface area contributed by atoms with Gasteiger partial charge >= 0.3 is 5.97 Å². The summed E-state index contributed by atoms with van der Waals surface area (Å²) < 4.78 is 4.34. The van der Waals surface area contributed by atoms with Crippen molar-refractivity contribution in [3.63, 3.8) is 0 Å². The first-order valence-electron chi connectivity index (χ1n) is 4.25. The number of esters is 1. The molecule has 0 saturated heterocycles. The van der Waals surface area contributed by atoms with Crippen molar-refractivity contribution in [1.82, 2.24) is 0 Å². The number of aliphatic hydroxyl groups is 1. The van der Waals surface area contributed by atoms with Crippen molar-refractivity contribution in [1.29, 1.82) is 0 Å². The molecule has 1 N–H and O–H groups in total. The second-order valence-electron chi connectivity index (χ2n) is 2.77. The minimum atomic E-state index is -0.707. The van der Waals surface area contributed by atoms with Crippen molar-refractivity contribution in [2.75, 3.05) is 7.11 Å². The lowest BCUT2D eigenvalue weighted by atomic mass is 10.1. The molecule has 3 nitrogen and oxygen atoms in total. The first-order valence-corrected chi connectivity index (χ1v) is 4.25. The zero-order valence-electron chi connectivity index (χ0n) is 7.93. The summed E-state index contributed by atoms with van der Waals surface area (Å²) >= 11 is 0. The van der Waals surface area contributed by atoms with Gasteiger partial charge in [-0.05, 0) is 18.1 Å². The zero-order chi connectivity index (χ0) is 10.4. The maximum absolute atomic E-state index is 10.8. The smallest absolute Gasteiger partial charge is 0.372 e. The minimum Gasteiger partial charge on any atom is -0.502 e. The fourth-order valence-corrected chi connectivity index (χ4v) is 1.02. The Morgan fingerprint density at radius 3 is 2.64 bits per heavy atom. The number of rotatable bonds is 3. The Labute approximate surface area is 82.6 Å². The third-order valence-electron chi connectivity index (χ3n) is 1.77. The molecular weight excluding hydrogens is 180 g/mol. The second kappa shape index (κ2) is 5.07. The van der Waals surface area contributed by atoms with Crippen LogP contribution >= 0.6 is 0 Å². The van der Waals surface area contributed by atoms with Crippen molar-refractivity contribution in [2.45, 2.75) is 6.42 Å². The van der Waals surface area contributed by atoms with Crippen molar-refractivity contribution in [2.24, 2.45) is 0 Å². The first kappa shape index (κ1) is 10.3. The van der Waals surface area contributed by atoms with Gasteiger partial charge in [-0.25, -0.2) is 4.79 Å². The summed E-state index contributed by atoms with van der Waals surface area (Å²) in [6.45, 7) is 0. The molecule has 0 aliphatic carbocycles. The molecule has 0 spiro atoms. The Balaban J connectivity index is 2.59. The highest BCUT2D eigenvalue weighted by molar-refractivity contribution is 5.85. The maximum Gasteiger partial charge on any atom is 0.372 e. The van der Waals surface area contributed by atoms with Crippen LogP contribution in [0.25, 0.3) is 0 Å². The van der Waals surface area contributed by atoms with Crippen LogP contribution in [0.4, 0.5) is 0 Å². The van der Waals surface area contributed by atoms with Gasteiger partial charge in [-0.1, -0.05) is 30.3 Å². The molecular formula is C11H12O3. The van der Waals surface area contributed by atoms with Crippen LogP contribution in [0.2, 0.25) is 0 Å². The Morgan fingerprint density at radius 1 is 1.43 bits per heavy atom. The van der Waals surface area contributed by atoms with Crippen LogP contribution in [0, 0.1) is 0 Å². The van der Waals surface area contributed by atoms with Gasteiger partial charge in [0.1, 0.15) is 0 Å². The number of carbonyl (C=O) groups is 1. The van der Waals surface area contributed by atoms with Crippen molar-refractivity contribution in [3.05, 3.63) is 47.7 Å². The number of hydrogen-bond acceptors (Lipinski definition) is 3. The Kier molecular flexibility index (Phi) is 3.73. The van der Waals surface area contributed by atoms with Crippen molar-refractivity contribution < 1.29 is 14.6 Å². The van der Waals surface area contributed by atoms with Gasteiger partial charge in [0.2, 0.25) is 0 Å². The van der Waals surface area contributed by atoms with Gasteiger partial charge < -0.3 is 9.84 Å². The summed E-state index contributed by atoms with van der Waals surface area (Å²) in [4.78, 5) is 10.8. The number of benzene rings is 1. The highest BCUT2D eigenvalue weighted by Crippen LogP contribution is 2.02. The number of carbonyl (C=O) groups excluding carboxylic acids is 1. The van der Waals surface area contributed by atoms with Crippen LogP contribution in [0.5, 0.6) is 0 Å². The summed E-state index contributed by atoms with van der Waals surface area (Å²) in [6, 6.07) is 9.55. The van der Waals surface area contributed by atoms with E-state index in [-0.39, 0.29) is 5.76 Å². The van der Waals surface area contributed by atoms with Crippen LogP contribution in [-0.4, -0.2) is 18.2 Å². The molecule has 0 aliphatic heterocycles. The van der Waals surface area contributed by atoms with Gasteiger partial charge in [-0.3, -0.25) is 0 Å². The molecule has 0 bridgehead atoms. The predicted molar refractivity (Wildman–Crippen MR) is 52.9 cm³/mol. The molecule has 1 aromatic carbocycles. The van der Waals surface area contributed by atoms with Gasteiger partial charge in [-0.2, -0.15) is 0 Å². The highest BCUT2D eigenvalue weighted by Gasteiger charge is 2.05. The van der Waals surface area contributed by atoms with E-state index in [1.165, 1.54) is 13.2 Å². The Bertz CT molecular complexity index is 328. The van der Waals surface area contributed by atoms with E-state index in [0.717, 1.165) is 5.56 Å². The lowest BCUT2D eigenvalue weighted by molar-refractivity contribution is -0.139. The van der Waals surface area contributed by atoms with Gasteiger partial charge in [0.25, 0.3) is 0 Å². The standard InChI is InChI=1S/C11H12O3/c1-14-11(13)10(12)8-7-9-5-3-2-4-6-9/h2-6,8,12H,7H2,1H3/b10-8-. The van der Waals surface area contributed by atoms with Crippen LogP contribution in [0.1, 0.15) is 5.56 Å². The van der Waals surface area contributed by atoms with Gasteiger partial charge in [-0.15, -0.1) is 0 Å². The number of allylic oxidation sites excluding steroid dienone is 1. The van der Waals surface area contributed by atoms with Crippen molar-refractivity contribution in [3.8, 4) is 0 Å². The topological polar surface area (TPSA) is 46.5 Å². The van der Waals surface area contributed by atoms with E-state index in [1.54, 1.807) is 0 Å². The number of hydrogen-bond donors (Lipinski definition) is 1. The molecule has 0 amide bonds. The Morgan fingerprint density at radius 2 is 2.07 bits per heavy atom. The summed E-state index contributed by atoms with van der Waals surface area (Å²) in [5.74, 6) is -1.06. The maximum atomic E-state index is 10.8. The van der Waals surface area contributed by atoms with E-state index >= 15 is 0 Å². The van der Waals surface area contributed by atoms with Crippen LogP contribution in [-0.2, 0) is 16.0 Å². The third kappa shape index (κ3) is 2.94. The third-order valence-corrected chi connectivity index (χ3v) is 1.77. The summed E-state index contributed by atoms with van der Waals surface area (Å²) in [7, 11) is 1.23. The molecule has 0 aliphatic rings. The van der Waals surface area contributed by atoms with E-state index in [2.05, 4.69) is 4.74 Å². The summed E-state index contributed by atoms with van der Waals surface area (Å²) in [5, 5.41) is 9.17. The molecule has 0 heterocycles. The molecule has 74 valence electrons.